The predicted octanol–water partition coefficient (Wildman–Crippen LogP) is 1.73. The van der Waals surface area contributed by atoms with Crippen LogP contribution < -0.4 is 5.32 Å². The minimum Gasteiger partial charge on any atom is -0.314 e. The van der Waals surface area contributed by atoms with Gasteiger partial charge >= 0.3 is 0 Å². The summed E-state index contributed by atoms with van der Waals surface area (Å²) in [6, 6.07) is 0.591. The van der Waals surface area contributed by atoms with Crippen LogP contribution in [-0.2, 0) is 0 Å². The molecule has 0 aromatic rings. The van der Waals surface area contributed by atoms with Crippen molar-refractivity contribution in [1.29, 1.82) is 0 Å². The van der Waals surface area contributed by atoms with E-state index < -0.39 is 0 Å². The lowest BCUT2D eigenvalue weighted by molar-refractivity contribution is 0.561. The van der Waals surface area contributed by atoms with E-state index in [1.807, 2.05) is 12.4 Å². The zero-order valence-electron chi connectivity index (χ0n) is 7.30. The summed E-state index contributed by atoms with van der Waals surface area (Å²) in [7, 11) is 0. The molecule has 0 saturated carbocycles. The zero-order chi connectivity index (χ0) is 8.10. The van der Waals surface area contributed by atoms with Gasteiger partial charge in [0, 0.05) is 24.9 Å². The summed E-state index contributed by atoms with van der Waals surface area (Å²) in [6.07, 6.45) is 6.13. The number of rotatable bonds is 4. The molecule has 1 heterocycles. The second-order valence-corrected chi connectivity index (χ2v) is 2.99. The van der Waals surface area contributed by atoms with Crippen LogP contribution in [0.25, 0.3) is 0 Å². The highest BCUT2D eigenvalue weighted by atomic mass is 14.9. The molecular weight excluding hydrogens is 136 g/mol. The molecule has 11 heavy (non-hydrogen) atoms. The molecule has 1 aliphatic rings. The number of nitrogens with one attached hydrogen (secondary N) is 1. The zero-order valence-corrected chi connectivity index (χ0v) is 7.30. The van der Waals surface area contributed by atoms with Crippen LogP contribution >= 0.6 is 0 Å². The van der Waals surface area contributed by atoms with Gasteiger partial charge in [-0.3, -0.25) is 4.99 Å². The van der Waals surface area contributed by atoms with Crippen molar-refractivity contribution in [2.24, 2.45) is 4.99 Å². The summed E-state index contributed by atoms with van der Waals surface area (Å²) in [5.41, 5.74) is 1.44. The minimum atomic E-state index is 0.591. The molecule has 1 N–H and O–H groups in total. The maximum Gasteiger partial charge on any atom is 0.0260 e. The summed E-state index contributed by atoms with van der Waals surface area (Å²) in [5.74, 6) is 0. The molecule has 0 bridgehead atoms. The van der Waals surface area contributed by atoms with Crippen LogP contribution in [0.5, 0.6) is 0 Å². The molecule has 62 valence electrons. The largest absolute Gasteiger partial charge is 0.314 e. The fourth-order valence-corrected chi connectivity index (χ4v) is 1.33. The van der Waals surface area contributed by atoms with E-state index in [-0.39, 0.29) is 0 Å². The Morgan fingerprint density at radius 2 is 2.55 bits per heavy atom. The third-order valence-corrected chi connectivity index (χ3v) is 1.84. The second kappa shape index (κ2) is 4.29. The average Bonchev–Trinajstić information content (AvgIpc) is 2.40. The molecule has 0 fully saturated rings. The SMILES string of the molecule is CCN[C@H](C)CC1=CN=CC1. The van der Waals surface area contributed by atoms with E-state index in [4.69, 9.17) is 0 Å². The van der Waals surface area contributed by atoms with Crippen molar-refractivity contribution in [2.45, 2.75) is 32.7 Å². The molecule has 1 rings (SSSR count). The quantitative estimate of drug-likeness (QED) is 0.652. The van der Waals surface area contributed by atoms with Crippen LogP contribution in [0.1, 0.15) is 26.7 Å². The molecule has 1 atom stereocenters. The Hall–Kier alpha value is -0.630. The standard InChI is InChI=1S/C9H16N2/c1-3-11-8(2)6-9-4-5-10-7-9/h5,7-8,11H,3-4,6H2,1-2H3/t8-/m1/s1. The van der Waals surface area contributed by atoms with E-state index in [0.29, 0.717) is 6.04 Å². The molecule has 2 nitrogen and oxygen atoms in total. The Morgan fingerprint density at radius 3 is 3.09 bits per heavy atom. The van der Waals surface area contributed by atoms with Crippen molar-refractivity contribution in [3.05, 3.63) is 11.8 Å². The second-order valence-electron chi connectivity index (χ2n) is 2.99. The Labute approximate surface area is 68.4 Å². The van der Waals surface area contributed by atoms with Gasteiger partial charge in [-0.1, -0.05) is 6.92 Å². The number of nitrogens with zero attached hydrogens (tertiary/aromatic N) is 1. The van der Waals surface area contributed by atoms with Crippen LogP contribution in [-0.4, -0.2) is 18.8 Å². The molecule has 0 amide bonds. The van der Waals surface area contributed by atoms with Gasteiger partial charge in [0.05, 0.1) is 0 Å². The monoisotopic (exact) mass is 152 g/mol. The lowest BCUT2D eigenvalue weighted by atomic mass is 10.1. The number of hydrogen-bond donors (Lipinski definition) is 1. The summed E-state index contributed by atoms with van der Waals surface area (Å²) in [5, 5.41) is 3.38. The van der Waals surface area contributed by atoms with Gasteiger partial charge in [0.15, 0.2) is 0 Å². The van der Waals surface area contributed by atoms with Gasteiger partial charge in [-0.25, -0.2) is 0 Å². The van der Waals surface area contributed by atoms with Gasteiger partial charge in [0.2, 0.25) is 0 Å². The lowest BCUT2D eigenvalue weighted by Crippen LogP contribution is -2.25. The van der Waals surface area contributed by atoms with Gasteiger partial charge in [-0.2, -0.15) is 0 Å². The summed E-state index contributed by atoms with van der Waals surface area (Å²) in [6.45, 7) is 5.40. The van der Waals surface area contributed by atoms with Crippen molar-refractivity contribution < 1.29 is 0 Å². The predicted molar refractivity (Wildman–Crippen MR) is 48.9 cm³/mol. The highest BCUT2D eigenvalue weighted by Gasteiger charge is 2.05. The lowest BCUT2D eigenvalue weighted by Gasteiger charge is -2.11. The van der Waals surface area contributed by atoms with Crippen LogP contribution in [0.4, 0.5) is 0 Å². The first-order valence-electron chi connectivity index (χ1n) is 4.26. The van der Waals surface area contributed by atoms with Crippen LogP contribution in [0, 0.1) is 0 Å². The first-order valence-corrected chi connectivity index (χ1v) is 4.26. The summed E-state index contributed by atoms with van der Waals surface area (Å²) >= 11 is 0. The molecule has 2 heteroatoms. The third kappa shape index (κ3) is 2.85. The number of hydrogen-bond acceptors (Lipinski definition) is 2. The van der Waals surface area contributed by atoms with E-state index >= 15 is 0 Å². The van der Waals surface area contributed by atoms with Gasteiger partial charge in [-0.15, -0.1) is 0 Å². The van der Waals surface area contributed by atoms with E-state index in [1.165, 1.54) is 5.57 Å². The average molecular weight is 152 g/mol. The van der Waals surface area contributed by atoms with Crippen molar-refractivity contribution in [3.8, 4) is 0 Å². The summed E-state index contributed by atoms with van der Waals surface area (Å²) < 4.78 is 0. The van der Waals surface area contributed by atoms with E-state index in [9.17, 15) is 0 Å². The Bertz CT molecular complexity index is 170. The Balaban J connectivity index is 2.20. The van der Waals surface area contributed by atoms with Crippen LogP contribution in [0.2, 0.25) is 0 Å². The van der Waals surface area contributed by atoms with E-state index in [0.717, 1.165) is 19.4 Å². The molecule has 0 unspecified atom stereocenters. The molecule has 0 aromatic heterocycles. The summed E-state index contributed by atoms with van der Waals surface area (Å²) in [4.78, 5) is 4.06. The fourth-order valence-electron chi connectivity index (χ4n) is 1.33. The maximum absolute atomic E-state index is 4.06. The highest BCUT2D eigenvalue weighted by Crippen LogP contribution is 2.12. The molecule has 0 radical (unpaired) electrons. The smallest absolute Gasteiger partial charge is 0.0260 e. The number of aliphatic imine (C=N–C) groups is 1. The van der Waals surface area contributed by atoms with Crippen molar-refractivity contribution in [2.75, 3.05) is 6.54 Å². The molecule has 0 saturated heterocycles. The van der Waals surface area contributed by atoms with E-state index in [2.05, 4.69) is 24.2 Å². The first-order chi connectivity index (χ1) is 5.33. The first kappa shape index (κ1) is 8.47. The van der Waals surface area contributed by atoms with Gasteiger partial charge in [0.1, 0.15) is 0 Å². The van der Waals surface area contributed by atoms with Crippen LogP contribution in [0.15, 0.2) is 16.8 Å². The van der Waals surface area contributed by atoms with Crippen LogP contribution in [0.3, 0.4) is 0 Å². The minimum absolute atomic E-state index is 0.591. The van der Waals surface area contributed by atoms with Gasteiger partial charge < -0.3 is 5.32 Å². The molecule has 0 spiro atoms. The Morgan fingerprint density at radius 1 is 1.73 bits per heavy atom. The molecular formula is C9H16N2. The fraction of sp³-hybridized carbons (Fsp3) is 0.667. The molecule has 0 aliphatic carbocycles. The molecule has 1 aliphatic heterocycles. The van der Waals surface area contributed by atoms with Crippen molar-refractivity contribution in [3.63, 3.8) is 0 Å². The van der Waals surface area contributed by atoms with Crippen molar-refractivity contribution in [1.82, 2.24) is 5.32 Å². The normalized spacial score (nSPS) is 18.5. The Kier molecular flexibility index (Phi) is 3.30. The third-order valence-electron chi connectivity index (χ3n) is 1.84. The maximum atomic E-state index is 4.06. The topological polar surface area (TPSA) is 24.4 Å². The van der Waals surface area contributed by atoms with Gasteiger partial charge in [0.25, 0.3) is 0 Å². The van der Waals surface area contributed by atoms with Gasteiger partial charge in [-0.05, 0) is 25.5 Å². The van der Waals surface area contributed by atoms with E-state index in [1.54, 1.807) is 0 Å². The van der Waals surface area contributed by atoms with Crippen molar-refractivity contribution >= 4 is 6.21 Å². The highest BCUT2D eigenvalue weighted by molar-refractivity contribution is 5.65. The molecule has 0 aromatic carbocycles.